The molecule has 21 heavy (non-hydrogen) atoms. The number of nitrogens with one attached hydrogen (secondary N) is 1. The summed E-state index contributed by atoms with van der Waals surface area (Å²) in [7, 11) is 0. The standard InChI is InChI=1S/C16H28N2O3/c19-12-4-8-14-7-3-11-18(14)16(21)10-9-15(20)17-13-5-1-2-6-13/h13-14,19H,1-12H2,(H,17,20). The van der Waals surface area contributed by atoms with Crippen LogP contribution in [0.3, 0.4) is 0 Å². The summed E-state index contributed by atoms with van der Waals surface area (Å²) in [5, 5.41) is 11.9. The minimum atomic E-state index is 0.0151. The Bertz CT molecular complexity index is 353. The number of amides is 2. The van der Waals surface area contributed by atoms with Gasteiger partial charge in [0.25, 0.3) is 0 Å². The molecule has 5 nitrogen and oxygen atoms in total. The Hall–Kier alpha value is -1.10. The number of hydrogen-bond acceptors (Lipinski definition) is 3. The van der Waals surface area contributed by atoms with Crippen molar-refractivity contribution in [2.45, 2.75) is 76.3 Å². The molecule has 2 rings (SSSR count). The molecular formula is C16H28N2O3. The monoisotopic (exact) mass is 296 g/mol. The topological polar surface area (TPSA) is 69.6 Å². The number of aliphatic hydroxyl groups is 1. The third kappa shape index (κ3) is 4.99. The second kappa shape index (κ2) is 8.37. The van der Waals surface area contributed by atoms with Gasteiger partial charge in [-0.25, -0.2) is 0 Å². The van der Waals surface area contributed by atoms with Crippen LogP contribution < -0.4 is 5.32 Å². The summed E-state index contributed by atoms with van der Waals surface area (Å²) in [6, 6.07) is 0.597. The van der Waals surface area contributed by atoms with Gasteiger partial charge in [0.05, 0.1) is 0 Å². The van der Waals surface area contributed by atoms with E-state index in [9.17, 15) is 9.59 Å². The molecule has 0 aromatic rings. The highest BCUT2D eigenvalue weighted by Crippen LogP contribution is 2.22. The van der Waals surface area contributed by atoms with Crippen molar-refractivity contribution in [3.8, 4) is 0 Å². The van der Waals surface area contributed by atoms with Crippen molar-refractivity contribution < 1.29 is 14.7 Å². The molecule has 1 aliphatic heterocycles. The molecule has 2 amide bonds. The van der Waals surface area contributed by atoms with Gasteiger partial charge >= 0.3 is 0 Å². The maximum Gasteiger partial charge on any atom is 0.223 e. The minimum Gasteiger partial charge on any atom is -0.396 e. The molecule has 1 aliphatic carbocycles. The summed E-state index contributed by atoms with van der Waals surface area (Å²) in [5.41, 5.74) is 0. The van der Waals surface area contributed by atoms with E-state index in [1.165, 1.54) is 12.8 Å². The first-order valence-electron chi connectivity index (χ1n) is 8.40. The van der Waals surface area contributed by atoms with Crippen LogP contribution in [-0.2, 0) is 9.59 Å². The van der Waals surface area contributed by atoms with Crippen LogP contribution >= 0.6 is 0 Å². The van der Waals surface area contributed by atoms with Crippen molar-refractivity contribution >= 4 is 11.8 Å². The molecule has 1 saturated carbocycles. The molecule has 2 N–H and O–H groups in total. The molecule has 0 spiro atoms. The number of carbonyl (C=O) groups excluding carboxylic acids is 2. The SMILES string of the molecule is O=C(CCC(=O)N1CCCC1CCCO)NC1CCCC1. The van der Waals surface area contributed by atoms with Crippen LogP contribution in [-0.4, -0.2) is 47.1 Å². The van der Waals surface area contributed by atoms with E-state index in [0.717, 1.165) is 45.1 Å². The Kier molecular flexibility index (Phi) is 6.49. The van der Waals surface area contributed by atoms with Gasteiger partial charge in [0.15, 0.2) is 0 Å². The van der Waals surface area contributed by atoms with Crippen LogP contribution in [0.1, 0.15) is 64.2 Å². The van der Waals surface area contributed by atoms with Crippen molar-refractivity contribution in [2.75, 3.05) is 13.2 Å². The van der Waals surface area contributed by atoms with Gasteiger partial charge in [-0.05, 0) is 38.5 Å². The number of rotatable bonds is 7. The maximum atomic E-state index is 12.2. The summed E-state index contributed by atoms with van der Waals surface area (Å²) < 4.78 is 0. The first kappa shape index (κ1) is 16.3. The van der Waals surface area contributed by atoms with Crippen LogP contribution in [0.15, 0.2) is 0 Å². The second-order valence-electron chi connectivity index (χ2n) is 6.30. The van der Waals surface area contributed by atoms with Gasteiger partial charge in [-0.15, -0.1) is 0 Å². The molecule has 2 fully saturated rings. The number of aliphatic hydroxyl groups excluding tert-OH is 1. The van der Waals surface area contributed by atoms with E-state index in [0.29, 0.717) is 18.9 Å². The number of carbonyl (C=O) groups is 2. The zero-order valence-corrected chi connectivity index (χ0v) is 12.9. The summed E-state index contributed by atoms with van der Waals surface area (Å²) >= 11 is 0. The van der Waals surface area contributed by atoms with E-state index in [1.807, 2.05) is 4.90 Å². The highest BCUT2D eigenvalue weighted by molar-refractivity contribution is 5.84. The van der Waals surface area contributed by atoms with Gasteiger partial charge < -0.3 is 15.3 Å². The van der Waals surface area contributed by atoms with Crippen LogP contribution in [0.5, 0.6) is 0 Å². The Labute approximate surface area is 127 Å². The van der Waals surface area contributed by atoms with Crippen LogP contribution in [0, 0.1) is 0 Å². The molecule has 0 radical (unpaired) electrons. The third-order valence-corrected chi connectivity index (χ3v) is 4.68. The lowest BCUT2D eigenvalue weighted by atomic mass is 10.1. The van der Waals surface area contributed by atoms with Gasteiger partial charge in [-0.2, -0.15) is 0 Å². The second-order valence-corrected chi connectivity index (χ2v) is 6.30. The molecule has 1 atom stereocenters. The van der Waals surface area contributed by atoms with Crippen molar-refractivity contribution in [2.24, 2.45) is 0 Å². The smallest absolute Gasteiger partial charge is 0.223 e. The third-order valence-electron chi connectivity index (χ3n) is 4.68. The Balaban J connectivity index is 1.69. The molecule has 0 aromatic heterocycles. The summed E-state index contributed by atoms with van der Waals surface area (Å²) in [5.74, 6) is 0.110. The average Bonchev–Trinajstić information content (AvgIpc) is 3.13. The fraction of sp³-hybridized carbons (Fsp3) is 0.875. The lowest BCUT2D eigenvalue weighted by Crippen LogP contribution is -2.37. The van der Waals surface area contributed by atoms with Crippen molar-refractivity contribution in [1.82, 2.24) is 10.2 Å². The van der Waals surface area contributed by atoms with E-state index in [4.69, 9.17) is 5.11 Å². The first-order valence-corrected chi connectivity index (χ1v) is 8.40. The predicted molar refractivity (Wildman–Crippen MR) is 80.7 cm³/mol. The maximum absolute atomic E-state index is 12.2. The quantitative estimate of drug-likeness (QED) is 0.749. The van der Waals surface area contributed by atoms with Crippen molar-refractivity contribution in [3.05, 3.63) is 0 Å². The van der Waals surface area contributed by atoms with E-state index < -0.39 is 0 Å². The summed E-state index contributed by atoms with van der Waals surface area (Å²) in [6.45, 7) is 0.988. The molecule has 0 bridgehead atoms. The number of likely N-dealkylation sites (tertiary alicyclic amines) is 1. The molecule has 1 unspecified atom stereocenters. The van der Waals surface area contributed by atoms with Gasteiger partial charge in [-0.3, -0.25) is 9.59 Å². The largest absolute Gasteiger partial charge is 0.396 e. The van der Waals surface area contributed by atoms with E-state index in [-0.39, 0.29) is 24.5 Å². The lowest BCUT2D eigenvalue weighted by molar-refractivity contribution is -0.134. The molecule has 5 heteroatoms. The molecule has 120 valence electrons. The Morgan fingerprint density at radius 3 is 2.57 bits per heavy atom. The van der Waals surface area contributed by atoms with Crippen LogP contribution in [0.2, 0.25) is 0 Å². The Morgan fingerprint density at radius 2 is 1.86 bits per heavy atom. The van der Waals surface area contributed by atoms with Gasteiger partial charge in [0.1, 0.15) is 0 Å². The van der Waals surface area contributed by atoms with Crippen molar-refractivity contribution in [1.29, 1.82) is 0 Å². The van der Waals surface area contributed by atoms with Gasteiger partial charge in [-0.1, -0.05) is 12.8 Å². The average molecular weight is 296 g/mol. The van der Waals surface area contributed by atoms with E-state index in [1.54, 1.807) is 0 Å². The fourth-order valence-electron chi connectivity index (χ4n) is 3.53. The zero-order chi connectivity index (χ0) is 15.1. The molecule has 1 heterocycles. The Morgan fingerprint density at radius 1 is 1.10 bits per heavy atom. The minimum absolute atomic E-state index is 0.0151. The molecular weight excluding hydrogens is 268 g/mol. The highest BCUT2D eigenvalue weighted by atomic mass is 16.3. The first-order chi connectivity index (χ1) is 10.2. The molecule has 0 aromatic carbocycles. The van der Waals surface area contributed by atoms with Crippen LogP contribution in [0.4, 0.5) is 0 Å². The van der Waals surface area contributed by atoms with E-state index >= 15 is 0 Å². The van der Waals surface area contributed by atoms with E-state index in [2.05, 4.69) is 5.32 Å². The zero-order valence-electron chi connectivity index (χ0n) is 12.9. The number of hydrogen-bond donors (Lipinski definition) is 2. The predicted octanol–water partition coefficient (Wildman–Crippen LogP) is 1.59. The lowest BCUT2D eigenvalue weighted by Gasteiger charge is -2.24. The summed E-state index contributed by atoms with van der Waals surface area (Å²) in [6.07, 6.45) is 8.86. The molecule has 2 aliphatic rings. The van der Waals surface area contributed by atoms with Crippen molar-refractivity contribution in [3.63, 3.8) is 0 Å². The van der Waals surface area contributed by atoms with Gasteiger partial charge in [0, 0.05) is 38.1 Å². The highest BCUT2D eigenvalue weighted by Gasteiger charge is 2.28. The van der Waals surface area contributed by atoms with Crippen LogP contribution in [0.25, 0.3) is 0 Å². The normalized spacial score (nSPS) is 22.7. The number of nitrogens with zero attached hydrogens (tertiary/aromatic N) is 1. The summed E-state index contributed by atoms with van der Waals surface area (Å²) in [4.78, 5) is 26.0. The fourth-order valence-corrected chi connectivity index (χ4v) is 3.53. The van der Waals surface area contributed by atoms with Gasteiger partial charge in [0.2, 0.25) is 11.8 Å². The molecule has 1 saturated heterocycles.